The van der Waals surface area contributed by atoms with Crippen LogP contribution >= 0.6 is 15.9 Å². The molecule has 0 saturated heterocycles. The molecule has 2 N–H and O–H groups in total. The van der Waals surface area contributed by atoms with Crippen LogP contribution in [0.3, 0.4) is 0 Å². The highest BCUT2D eigenvalue weighted by Gasteiger charge is 2.45. The number of hydrogen-bond donors (Lipinski definition) is 2. The molecule has 0 bridgehead atoms. The molecule has 10 heteroatoms. The second-order valence-electron chi connectivity index (χ2n) is 9.84. The minimum Gasteiger partial charge on any atom is -0.325 e. The Morgan fingerprint density at radius 1 is 0.949 bits per heavy atom. The largest absolute Gasteiger partial charge is 0.325 e. The van der Waals surface area contributed by atoms with Crippen molar-refractivity contribution in [2.24, 2.45) is 4.99 Å². The molecule has 5 rings (SSSR count). The van der Waals surface area contributed by atoms with E-state index in [1.807, 2.05) is 54.6 Å². The summed E-state index contributed by atoms with van der Waals surface area (Å²) < 4.78 is 30.2. The van der Waals surface area contributed by atoms with Gasteiger partial charge in [-0.3, -0.25) is 9.59 Å². The van der Waals surface area contributed by atoms with Gasteiger partial charge in [-0.05, 0) is 43.2 Å². The third-order valence-corrected chi connectivity index (χ3v) is 9.33. The average molecular weight is 610 g/mol. The van der Waals surface area contributed by atoms with Gasteiger partial charge in [0.1, 0.15) is 5.54 Å². The summed E-state index contributed by atoms with van der Waals surface area (Å²) in [4.78, 5) is 33.9. The van der Waals surface area contributed by atoms with E-state index in [4.69, 9.17) is 4.99 Å². The van der Waals surface area contributed by atoms with Crippen LogP contribution in [0.4, 0.5) is 5.69 Å². The number of halogens is 1. The molecule has 1 saturated carbocycles. The van der Waals surface area contributed by atoms with Gasteiger partial charge in [0, 0.05) is 22.6 Å². The molecule has 1 fully saturated rings. The maximum absolute atomic E-state index is 13.9. The molecule has 1 aliphatic heterocycles. The monoisotopic (exact) mass is 608 g/mol. The van der Waals surface area contributed by atoms with Crippen molar-refractivity contribution in [2.75, 3.05) is 11.9 Å². The zero-order chi connectivity index (χ0) is 27.6. The van der Waals surface area contributed by atoms with E-state index in [-0.39, 0.29) is 4.90 Å². The lowest BCUT2D eigenvalue weighted by Crippen LogP contribution is -2.62. The molecule has 3 aromatic carbocycles. The van der Waals surface area contributed by atoms with Crippen molar-refractivity contribution in [3.63, 3.8) is 0 Å². The summed E-state index contributed by atoms with van der Waals surface area (Å²) in [6.07, 6.45) is 1.66. The fraction of sp³-hybridized carbons (Fsp3) is 0.276. The van der Waals surface area contributed by atoms with E-state index >= 15 is 0 Å². The van der Waals surface area contributed by atoms with Gasteiger partial charge in [-0.2, -0.15) is 4.72 Å². The molecule has 3 aromatic rings. The Morgan fingerprint density at radius 3 is 2.28 bits per heavy atom. The van der Waals surface area contributed by atoms with Crippen molar-refractivity contribution in [1.82, 2.24) is 10.0 Å². The number of benzene rings is 3. The van der Waals surface area contributed by atoms with E-state index in [0.717, 1.165) is 22.0 Å². The van der Waals surface area contributed by atoms with Crippen molar-refractivity contribution in [3.8, 4) is 0 Å². The highest BCUT2D eigenvalue weighted by Crippen LogP contribution is 2.32. The highest BCUT2D eigenvalue weighted by molar-refractivity contribution is 9.10. The summed E-state index contributed by atoms with van der Waals surface area (Å²) in [7, 11) is -2.36. The molecule has 2 aliphatic rings. The second-order valence-corrected chi connectivity index (χ2v) is 12.4. The Hall–Kier alpha value is -3.34. The summed E-state index contributed by atoms with van der Waals surface area (Å²) in [5, 5.41) is 2.82. The summed E-state index contributed by atoms with van der Waals surface area (Å²) in [6, 6.07) is 23.2. The molecular weight excluding hydrogens is 580 g/mol. The van der Waals surface area contributed by atoms with E-state index < -0.39 is 33.5 Å². The number of nitrogens with one attached hydrogen (secondary N) is 2. The molecule has 0 spiro atoms. The van der Waals surface area contributed by atoms with E-state index in [1.165, 1.54) is 17.0 Å². The van der Waals surface area contributed by atoms with Gasteiger partial charge in [0.2, 0.25) is 22.1 Å². The van der Waals surface area contributed by atoms with Crippen molar-refractivity contribution < 1.29 is 18.0 Å². The Bertz CT molecular complexity index is 1520. The van der Waals surface area contributed by atoms with Gasteiger partial charge < -0.3 is 10.2 Å². The molecule has 0 radical (unpaired) electrons. The first-order valence-corrected chi connectivity index (χ1v) is 15.1. The predicted molar refractivity (Wildman–Crippen MR) is 154 cm³/mol. The number of aliphatic imine (C=N–C) groups is 1. The van der Waals surface area contributed by atoms with E-state index in [9.17, 15) is 18.0 Å². The number of hydrogen-bond acceptors (Lipinski definition) is 5. The van der Waals surface area contributed by atoms with Gasteiger partial charge in [-0.15, -0.1) is 0 Å². The number of likely N-dealkylation sites (N-methyl/N-ethyl adjacent to an activating group) is 1. The topological polar surface area (TPSA) is 108 Å². The summed E-state index contributed by atoms with van der Waals surface area (Å²) in [6.45, 7) is 0. The third kappa shape index (κ3) is 5.54. The quantitative estimate of drug-likeness (QED) is 0.433. The molecule has 2 amide bonds. The van der Waals surface area contributed by atoms with Crippen molar-refractivity contribution >= 4 is 49.2 Å². The number of sulfonamides is 1. The van der Waals surface area contributed by atoms with Crippen LogP contribution in [0.15, 0.2) is 93.2 Å². The first kappa shape index (κ1) is 27.2. The Kier molecular flexibility index (Phi) is 7.70. The Labute approximate surface area is 236 Å². The highest BCUT2D eigenvalue weighted by atomic mass is 79.9. The van der Waals surface area contributed by atoms with Gasteiger partial charge in [-0.25, -0.2) is 13.4 Å². The first-order chi connectivity index (χ1) is 18.7. The lowest BCUT2D eigenvalue weighted by molar-refractivity contribution is -0.132. The molecule has 1 heterocycles. The molecule has 8 nitrogen and oxygen atoms in total. The van der Waals surface area contributed by atoms with Gasteiger partial charge >= 0.3 is 0 Å². The zero-order valence-corrected chi connectivity index (χ0v) is 23.8. The number of carbonyl (C=O) groups excluding carboxylic acids is 2. The maximum atomic E-state index is 13.9. The SMILES string of the molecule is CN1C(=O)C(NC(=O)C2(NS(=O)(=O)c3ccc(Br)cc3)CCCCC2)N=C(c2ccccc2)c2ccccc21. The number of benzodiazepines with no additional fused rings is 1. The van der Waals surface area contributed by atoms with Crippen molar-refractivity contribution in [1.29, 1.82) is 0 Å². The summed E-state index contributed by atoms with van der Waals surface area (Å²) in [5.74, 6) is -0.972. The lowest BCUT2D eigenvalue weighted by atomic mass is 9.82. The zero-order valence-electron chi connectivity index (χ0n) is 21.4. The molecule has 202 valence electrons. The van der Waals surface area contributed by atoms with Crippen LogP contribution in [-0.4, -0.2) is 44.7 Å². The third-order valence-electron chi connectivity index (χ3n) is 7.25. The molecule has 1 atom stereocenters. The van der Waals surface area contributed by atoms with Crippen molar-refractivity contribution in [2.45, 2.75) is 48.7 Å². The Balaban J connectivity index is 1.51. The smallest absolute Gasteiger partial charge is 0.272 e. The summed E-state index contributed by atoms with van der Waals surface area (Å²) >= 11 is 3.32. The van der Waals surface area contributed by atoms with E-state index in [1.54, 1.807) is 19.2 Å². The number of rotatable bonds is 6. The number of para-hydroxylation sites is 1. The maximum Gasteiger partial charge on any atom is 0.272 e. The van der Waals surface area contributed by atoms with Crippen molar-refractivity contribution in [3.05, 3.63) is 94.5 Å². The number of nitrogens with zero attached hydrogens (tertiary/aromatic N) is 2. The molecule has 1 unspecified atom stereocenters. The van der Waals surface area contributed by atoms with E-state index in [0.29, 0.717) is 37.1 Å². The Morgan fingerprint density at radius 2 is 1.59 bits per heavy atom. The van der Waals surface area contributed by atoms with Gasteiger partial charge in [0.15, 0.2) is 0 Å². The van der Waals surface area contributed by atoms with Crippen LogP contribution in [0.25, 0.3) is 0 Å². The standard InChI is InChI=1S/C29H29BrN4O4S/c1-34-24-13-7-6-12-23(24)25(20-10-4-2-5-11-20)31-26(27(34)35)32-28(36)29(18-8-3-9-19-29)33-39(37,38)22-16-14-21(30)15-17-22/h2,4-7,10-17,26,33H,3,8-9,18-19H2,1H3,(H,32,36). The number of carbonyl (C=O) groups is 2. The van der Waals surface area contributed by atoms with Crippen LogP contribution in [0.2, 0.25) is 0 Å². The van der Waals surface area contributed by atoms with Crippen LogP contribution < -0.4 is 14.9 Å². The van der Waals surface area contributed by atoms with Gasteiger partial charge in [0.25, 0.3) is 5.91 Å². The minimum atomic E-state index is -4.01. The van der Waals surface area contributed by atoms with Crippen LogP contribution in [0.1, 0.15) is 43.2 Å². The normalized spacial score (nSPS) is 19.0. The lowest BCUT2D eigenvalue weighted by Gasteiger charge is -2.37. The van der Waals surface area contributed by atoms with Gasteiger partial charge in [-0.1, -0.05) is 83.7 Å². The van der Waals surface area contributed by atoms with Crippen LogP contribution in [0.5, 0.6) is 0 Å². The average Bonchev–Trinajstić information content (AvgIpc) is 3.04. The molecule has 0 aromatic heterocycles. The van der Waals surface area contributed by atoms with Gasteiger partial charge in [0.05, 0.1) is 16.3 Å². The molecule has 39 heavy (non-hydrogen) atoms. The number of fused-ring (bicyclic) bond motifs is 1. The molecular formula is C29H29BrN4O4S. The second kappa shape index (κ2) is 11.0. The van der Waals surface area contributed by atoms with E-state index in [2.05, 4.69) is 26.0 Å². The van der Waals surface area contributed by atoms with Crippen LogP contribution in [-0.2, 0) is 19.6 Å². The number of anilines is 1. The predicted octanol–water partition coefficient (Wildman–Crippen LogP) is 4.39. The minimum absolute atomic E-state index is 0.0635. The summed E-state index contributed by atoms with van der Waals surface area (Å²) in [5.41, 5.74) is 1.41. The fourth-order valence-corrected chi connectivity index (χ4v) is 6.85. The first-order valence-electron chi connectivity index (χ1n) is 12.8. The fourth-order valence-electron chi connectivity index (χ4n) is 5.17. The molecule has 1 aliphatic carbocycles. The number of amides is 2. The van der Waals surface area contributed by atoms with Crippen LogP contribution in [0, 0.1) is 0 Å².